The van der Waals surface area contributed by atoms with Crippen molar-refractivity contribution in [2.75, 3.05) is 26.9 Å². The van der Waals surface area contributed by atoms with E-state index in [1.165, 1.54) is 16.9 Å². The first kappa shape index (κ1) is 16.5. The lowest BCUT2D eigenvalue weighted by molar-refractivity contribution is 0.305. The van der Waals surface area contributed by atoms with E-state index in [9.17, 15) is 0 Å². The molecule has 0 saturated carbocycles. The van der Waals surface area contributed by atoms with Crippen molar-refractivity contribution in [3.8, 4) is 0 Å². The zero-order valence-electron chi connectivity index (χ0n) is 12.9. The molecule has 1 aromatic rings. The quantitative estimate of drug-likeness (QED) is 0.734. The number of nitrogens with zero attached hydrogens (tertiary/aromatic N) is 1. The van der Waals surface area contributed by atoms with Crippen molar-refractivity contribution in [1.82, 2.24) is 10.2 Å². The Morgan fingerprint density at radius 3 is 2.26 bits per heavy atom. The number of hydrogen-bond donors (Lipinski definition) is 1. The maximum Gasteiger partial charge on any atom is 0.0208 e. The molecule has 0 amide bonds. The molecule has 1 rings (SSSR count). The lowest BCUT2D eigenvalue weighted by atomic mass is 10.0. The highest BCUT2D eigenvalue weighted by Gasteiger charge is 2.11. The molecular weight excluding hydrogens is 252 g/mol. The van der Waals surface area contributed by atoms with E-state index in [-0.39, 0.29) is 0 Å². The van der Waals surface area contributed by atoms with Crippen molar-refractivity contribution in [3.63, 3.8) is 0 Å². The molecule has 1 unspecified atom stereocenters. The molecule has 0 fully saturated rings. The van der Waals surface area contributed by atoms with Gasteiger partial charge in [0.1, 0.15) is 0 Å². The van der Waals surface area contributed by atoms with E-state index in [4.69, 9.17) is 0 Å². The highest BCUT2D eigenvalue weighted by atomic mass is 32.2. The van der Waals surface area contributed by atoms with Crippen LogP contribution in [-0.4, -0.2) is 37.8 Å². The van der Waals surface area contributed by atoms with Gasteiger partial charge in [-0.25, -0.2) is 0 Å². The summed E-state index contributed by atoms with van der Waals surface area (Å²) in [5.74, 6) is 0.733. The molecule has 0 aliphatic rings. The monoisotopic (exact) mass is 280 g/mol. The topological polar surface area (TPSA) is 15.3 Å². The third kappa shape index (κ3) is 7.00. The van der Waals surface area contributed by atoms with Crippen LogP contribution in [-0.2, 0) is 6.54 Å². The molecule has 1 N–H and O–H groups in total. The number of thioether (sulfide) groups is 1. The Kier molecular flexibility index (Phi) is 7.51. The van der Waals surface area contributed by atoms with Gasteiger partial charge in [-0.1, -0.05) is 26.0 Å². The molecule has 0 spiro atoms. The summed E-state index contributed by atoms with van der Waals surface area (Å²) in [6.45, 7) is 6.64. The van der Waals surface area contributed by atoms with Crippen LogP contribution in [0, 0.1) is 5.92 Å². The van der Waals surface area contributed by atoms with Crippen LogP contribution in [0.25, 0.3) is 0 Å². The second-order valence-corrected chi connectivity index (χ2v) is 6.70. The van der Waals surface area contributed by atoms with Crippen molar-refractivity contribution in [3.05, 3.63) is 29.8 Å². The largest absolute Gasteiger partial charge is 0.309 e. The second kappa shape index (κ2) is 8.62. The fraction of sp³-hybridized carbons (Fsp3) is 0.625. The second-order valence-electron chi connectivity index (χ2n) is 5.82. The van der Waals surface area contributed by atoms with Crippen molar-refractivity contribution in [2.45, 2.75) is 37.8 Å². The van der Waals surface area contributed by atoms with Gasteiger partial charge in [0, 0.05) is 24.0 Å². The first-order valence-electron chi connectivity index (χ1n) is 7.02. The maximum atomic E-state index is 3.69. The fourth-order valence-corrected chi connectivity index (χ4v) is 2.65. The summed E-state index contributed by atoms with van der Waals surface area (Å²) in [7, 11) is 4.28. The van der Waals surface area contributed by atoms with Gasteiger partial charge in [0.2, 0.25) is 0 Å². The van der Waals surface area contributed by atoms with Crippen molar-refractivity contribution < 1.29 is 0 Å². The minimum atomic E-state index is 0.565. The molecule has 1 atom stereocenters. The van der Waals surface area contributed by atoms with Crippen LogP contribution in [0.3, 0.4) is 0 Å². The number of nitrogens with one attached hydrogen (secondary N) is 1. The molecule has 0 aliphatic carbocycles. The maximum absolute atomic E-state index is 3.69. The van der Waals surface area contributed by atoms with Gasteiger partial charge in [-0.15, -0.1) is 11.8 Å². The lowest BCUT2D eigenvalue weighted by Crippen LogP contribution is -2.38. The molecule has 0 aliphatic heterocycles. The van der Waals surface area contributed by atoms with Crippen LogP contribution in [0.5, 0.6) is 0 Å². The van der Waals surface area contributed by atoms with Crippen molar-refractivity contribution >= 4 is 11.8 Å². The van der Waals surface area contributed by atoms with E-state index in [2.05, 4.69) is 68.7 Å². The number of likely N-dealkylation sites (N-methyl/N-ethyl adjacent to an activating group) is 1. The summed E-state index contributed by atoms with van der Waals surface area (Å²) in [5.41, 5.74) is 1.37. The Bertz CT molecular complexity index is 336. The predicted octanol–water partition coefficient (Wildman–Crippen LogP) is 3.47. The standard InChI is InChI=1S/C16H28N2S/c1-13(2)10-15(12-18(3)4)17-11-14-6-8-16(19-5)9-7-14/h6-9,13,15,17H,10-12H2,1-5H3. The molecule has 0 saturated heterocycles. The first-order valence-corrected chi connectivity index (χ1v) is 8.24. The highest BCUT2D eigenvalue weighted by Crippen LogP contribution is 2.15. The molecule has 3 heteroatoms. The van der Waals surface area contributed by atoms with E-state index >= 15 is 0 Å². The van der Waals surface area contributed by atoms with Gasteiger partial charge in [-0.05, 0) is 50.4 Å². The van der Waals surface area contributed by atoms with Crippen LogP contribution in [0.2, 0.25) is 0 Å². The Morgan fingerprint density at radius 1 is 1.16 bits per heavy atom. The highest BCUT2D eigenvalue weighted by molar-refractivity contribution is 7.98. The van der Waals surface area contributed by atoms with Gasteiger partial charge in [-0.2, -0.15) is 0 Å². The summed E-state index contributed by atoms with van der Waals surface area (Å²) in [4.78, 5) is 3.59. The minimum absolute atomic E-state index is 0.565. The molecule has 2 nitrogen and oxygen atoms in total. The van der Waals surface area contributed by atoms with Crippen molar-refractivity contribution in [2.24, 2.45) is 5.92 Å². The van der Waals surface area contributed by atoms with Gasteiger partial charge < -0.3 is 10.2 Å². The smallest absolute Gasteiger partial charge is 0.0208 e. The third-order valence-electron chi connectivity index (χ3n) is 3.10. The van der Waals surface area contributed by atoms with Crippen LogP contribution in [0.1, 0.15) is 25.8 Å². The molecule has 0 heterocycles. The normalized spacial score (nSPS) is 13.2. The summed E-state index contributed by atoms with van der Waals surface area (Å²) in [6.07, 6.45) is 3.34. The fourth-order valence-electron chi connectivity index (χ4n) is 2.24. The van der Waals surface area contributed by atoms with Crippen molar-refractivity contribution in [1.29, 1.82) is 0 Å². The molecule has 19 heavy (non-hydrogen) atoms. The molecule has 0 aromatic heterocycles. The predicted molar refractivity (Wildman–Crippen MR) is 86.9 cm³/mol. The third-order valence-corrected chi connectivity index (χ3v) is 3.84. The Hall–Kier alpha value is -0.510. The summed E-state index contributed by atoms with van der Waals surface area (Å²) < 4.78 is 0. The molecule has 108 valence electrons. The van der Waals surface area contributed by atoms with Gasteiger partial charge >= 0.3 is 0 Å². The SMILES string of the molecule is CSc1ccc(CNC(CC(C)C)CN(C)C)cc1. The molecule has 1 aromatic carbocycles. The zero-order valence-corrected chi connectivity index (χ0v) is 13.8. The Morgan fingerprint density at radius 2 is 1.79 bits per heavy atom. The van der Waals surface area contributed by atoms with E-state index in [0.717, 1.165) is 19.0 Å². The Labute approximate surface area is 123 Å². The molecular formula is C16H28N2S. The number of hydrogen-bond acceptors (Lipinski definition) is 3. The van der Waals surface area contributed by atoms with Crippen LogP contribution >= 0.6 is 11.8 Å². The average Bonchev–Trinajstić information content (AvgIpc) is 2.35. The molecule has 0 bridgehead atoms. The average molecular weight is 280 g/mol. The van der Waals surface area contributed by atoms with Gasteiger partial charge in [0.25, 0.3) is 0 Å². The summed E-state index contributed by atoms with van der Waals surface area (Å²) in [5, 5.41) is 3.69. The minimum Gasteiger partial charge on any atom is -0.309 e. The zero-order chi connectivity index (χ0) is 14.3. The molecule has 0 radical (unpaired) electrons. The number of rotatable bonds is 8. The van der Waals surface area contributed by atoms with E-state index in [1.54, 1.807) is 11.8 Å². The van der Waals surface area contributed by atoms with E-state index in [1.807, 2.05) is 0 Å². The van der Waals surface area contributed by atoms with E-state index in [0.29, 0.717) is 6.04 Å². The van der Waals surface area contributed by atoms with Gasteiger partial charge in [0.15, 0.2) is 0 Å². The summed E-state index contributed by atoms with van der Waals surface area (Å²) in [6, 6.07) is 9.41. The van der Waals surface area contributed by atoms with Crippen LogP contribution in [0.4, 0.5) is 0 Å². The van der Waals surface area contributed by atoms with Crippen LogP contribution in [0.15, 0.2) is 29.2 Å². The van der Waals surface area contributed by atoms with Crippen LogP contribution < -0.4 is 5.32 Å². The van der Waals surface area contributed by atoms with E-state index < -0.39 is 0 Å². The first-order chi connectivity index (χ1) is 9.01. The Balaban J connectivity index is 2.49. The lowest BCUT2D eigenvalue weighted by Gasteiger charge is -2.24. The number of benzene rings is 1. The van der Waals surface area contributed by atoms with Gasteiger partial charge in [-0.3, -0.25) is 0 Å². The van der Waals surface area contributed by atoms with Gasteiger partial charge in [0.05, 0.1) is 0 Å². The summed E-state index contributed by atoms with van der Waals surface area (Å²) >= 11 is 1.79.